The van der Waals surface area contributed by atoms with E-state index < -0.39 is 0 Å². The van der Waals surface area contributed by atoms with Gasteiger partial charge in [0.2, 0.25) is 5.91 Å². The number of hydrogen-bond donors (Lipinski definition) is 2. The first-order chi connectivity index (χ1) is 12.0. The monoisotopic (exact) mass is 351 g/mol. The largest absolute Gasteiger partial charge is 0.361 e. The predicted octanol–water partition coefficient (Wildman–Crippen LogP) is 4.34. The number of aromatic nitrogens is 1. The van der Waals surface area contributed by atoms with E-state index >= 15 is 0 Å². The molecule has 0 spiro atoms. The highest BCUT2D eigenvalue weighted by molar-refractivity contribution is 8.00. The van der Waals surface area contributed by atoms with Gasteiger partial charge in [0.05, 0.1) is 12.0 Å². The van der Waals surface area contributed by atoms with Crippen LogP contribution in [0.5, 0.6) is 0 Å². The summed E-state index contributed by atoms with van der Waals surface area (Å²) in [5.74, 6) is 0.235. The third-order valence-corrected chi connectivity index (χ3v) is 5.27. The number of hydrogen-bond acceptors (Lipinski definition) is 3. The number of rotatable bonds is 5. The van der Waals surface area contributed by atoms with Crippen LogP contribution in [0.15, 0.2) is 52.6 Å². The average Bonchev–Trinajstić information content (AvgIpc) is 3.01. The highest BCUT2D eigenvalue weighted by Crippen LogP contribution is 2.27. The highest BCUT2D eigenvalue weighted by Gasteiger charge is 2.07. The lowest BCUT2D eigenvalue weighted by Crippen LogP contribution is -2.19. The molecule has 0 bridgehead atoms. The van der Waals surface area contributed by atoms with Gasteiger partial charge in [-0.15, -0.1) is 11.8 Å². The summed E-state index contributed by atoms with van der Waals surface area (Å²) >= 11 is 1.55. The van der Waals surface area contributed by atoms with Gasteiger partial charge in [0.15, 0.2) is 0 Å². The maximum absolute atomic E-state index is 12.0. The maximum atomic E-state index is 12.0. The second-order valence-electron chi connectivity index (χ2n) is 6.13. The molecule has 0 atom stereocenters. The van der Waals surface area contributed by atoms with Crippen molar-refractivity contribution in [2.24, 2.45) is 5.10 Å². The van der Waals surface area contributed by atoms with Crippen LogP contribution in [0.25, 0.3) is 10.9 Å². The lowest BCUT2D eigenvalue weighted by molar-refractivity contribution is -0.118. The molecule has 128 valence electrons. The number of aromatic amines is 1. The van der Waals surface area contributed by atoms with Crippen LogP contribution < -0.4 is 5.43 Å². The van der Waals surface area contributed by atoms with Crippen molar-refractivity contribution in [2.75, 3.05) is 5.75 Å². The van der Waals surface area contributed by atoms with Gasteiger partial charge < -0.3 is 4.98 Å². The molecule has 5 heteroatoms. The van der Waals surface area contributed by atoms with Gasteiger partial charge in [-0.25, -0.2) is 5.43 Å². The molecule has 2 aromatic carbocycles. The normalized spacial score (nSPS) is 11.3. The molecule has 0 radical (unpaired) electrons. The maximum Gasteiger partial charge on any atom is 0.250 e. The zero-order chi connectivity index (χ0) is 17.8. The summed E-state index contributed by atoms with van der Waals surface area (Å²) in [5.41, 5.74) is 8.24. The van der Waals surface area contributed by atoms with Crippen LogP contribution in [-0.4, -0.2) is 22.9 Å². The quantitative estimate of drug-likeness (QED) is 0.408. The van der Waals surface area contributed by atoms with Crippen LogP contribution in [0.2, 0.25) is 0 Å². The minimum Gasteiger partial charge on any atom is -0.361 e. The number of hydrazone groups is 1. The van der Waals surface area contributed by atoms with Crippen molar-refractivity contribution in [3.8, 4) is 0 Å². The van der Waals surface area contributed by atoms with E-state index in [1.807, 2.05) is 30.5 Å². The predicted molar refractivity (Wildman–Crippen MR) is 105 cm³/mol. The van der Waals surface area contributed by atoms with E-state index in [-0.39, 0.29) is 5.91 Å². The van der Waals surface area contributed by atoms with Crippen LogP contribution in [-0.2, 0) is 4.79 Å². The SMILES string of the molecule is Cc1cc(C)c(SCC(=O)N/N=C/c2ccc3cc[nH]c3c2)c(C)c1. The minimum absolute atomic E-state index is 0.110. The number of amides is 1. The molecule has 0 aliphatic carbocycles. The molecule has 0 fully saturated rings. The first-order valence-electron chi connectivity index (χ1n) is 8.12. The summed E-state index contributed by atoms with van der Waals surface area (Å²) in [6.45, 7) is 6.24. The van der Waals surface area contributed by atoms with E-state index in [0.717, 1.165) is 16.5 Å². The molecular formula is C20H21N3OS. The van der Waals surface area contributed by atoms with Gasteiger partial charge in [-0.2, -0.15) is 5.10 Å². The molecule has 2 N–H and O–H groups in total. The van der Waals surface area contributed by atoms with Crippen LogP contribution in [0, 0.1) is 20.8 Å². The Balaban J connectivity index is 1.56. The number of benzene rings is 2. The summed E-state index contributed by atoms with van der Waals surface area (Å²) in [6, 6.07) is 12.3. The first kappa shape index (κ1) is 17.3. The summed E-state index contributed by atoms with van der Waals surface area (Å²) in [6.07, 6.45) is 3.56. The fraction of sp³-hybridized carbons (Fsp3) is 0.200. The Morgan fingerprint density at radius 3 is 2.68 bits per heavy atom. The van der Waals surface area contributed by atoms with Crippen LogP contribution in [0.1, 0.15) is 22.3 Å². The van der Waals surface area contributed by atoms with E-state index in [4.69, 9.17) is 0 Å². The van der Waals surface area contributed by atoms with Gasteiger partial charge >= 0.3 is 0 Å². The van der Waals surface area contributed by atoms with E-state index in [1.165, 1.54) is 21.6 Å². The fourth-order valence-corrected chi connectivity index (χ4v) is 3.80. The molecule has 4 nitrogen and oxygen atoms in total. The first-order valence-corrected chi connectivity index (χ1v) is 9.11. The molecule has 1 aromatic heterocycles. The molecule has 3 rings (SSSR count). The zero-order valence-electron chi connectivity index (χ0n) is 14.6. The van der Waals surface area contributed by atoms with Crippen molar-refractivity contribution in [3.05, 3.63) is 64.8 Å². The molecule has 1 heterocycles. The van der Waals surface area contributed by atoms with Crippen molar-refractivity contribution in [2.45, 2.75) is 25.7 Å². The van der Waals surface area contributed by atoms with Gasteiger partial charge in [0.1, 0.15) is 0 Å². The number of nitrogens with one attached hydrogen (secondary N) is 2. The molecule has 0 unspecified atom stereocenters. The molecular weight excluding hydrogens is 330 g/mol. The third-order valence-electron chi connectivity index (χ3n) is 3.93. The number of carbonyl (C=O) groups excluding carboxylic acids is 1. The number of nitrogens with zero attached hydrogens (tertiary/aromatic N) is 1. The van der Waals surface area contributed by atoms with Crippen molar-refractivity contribution in [3.63, 3.8) is 0 Å². The van der Waals surface area contributed by atoms with Crippen molar-refractivity contribution in [1.82, 2.24) is 10.4 Å². The Labute approximate surface area is 151 Å². The smallest absolute Gasteiger partial charge is 0.250 e. The topological polar surface area (TPSA) is 57.2 Å². The van der Waals surface area contributed by atoms with E-state index in [0.29, 0.717) is 5.75 Å². The Morgan fingerprint density at radius 1 is 1.16 bits per heavy atom. The zero-order valence-corrected chi connectivity index (χ0v) is 15.4. The highest BCUT2D eigenvalue weighted by atomic mass is 32.2. The molecule has 25 heavy (non-hydrogen) atoms. The average molecular weight is 351 g/mol. The van der Waals surface area contributed by atoms with Gasteiger partial charge in [0, 0.05) is 16.6 Å². The Bertz CT molecular complexity index is 920. The van der Waals surface area contributed by atoms with E-state index in [9.17, 15) is 4.79 Å². The summed E-state index contributed by atoms with van der Waals surface area (Å²) in [4.78, 5) is 16.3. The summed E-state index contributed by atoms with van der Waals surface area (Å²) < 4.78 is 0. The van der Waals surface area contributed by atoms with Crippen LogP contribution >= 0.6 is 11.8 Å². The number of thioether (sulfide) groups is 1. The minimum atomic E-state index is -0.110. The summed E-state index contributed by atoms with van der Waals surface area (Å²) in [5, 5.41) is 5.21. The number of H-pyrrole nitrogens is 1. The van der Waals surface area contributed by atoms with Crippen LogP contribution in [0.3, 0.4) is 0 Å². The van der Waals surface area contributed by atoms with Gasteiger partial charge in [0.25, 0.3) is 0 Å². The van der Waals surface area contributed by atoms with Gasteiger partial charge in [-0.05, 0) is 55.0 Å². The van der Waals surface area contributed by atoms with Crippen molar-refractivity contribution < 1.29 is 4.79 Å². The molecule has 0 aliphatic rings. The Kier molecular flexibility index (Phi) is 5.24. The number of carbonyl (C=O) groups is 1. The van der Waals surface area contributed by atoms with Gasteiger partial charge in [-0.3, -0.25) is 4.79 Å². The Morgan fingerprint density at radius 2 is 1.92 bits per heavy atom. The fourth-order valence-electron chi connectivity index (χ4n) is 2.89. The van der Waals surface area contributed by atoms with Gasteiger partial charge in [-0.1, -0.05) is 29.8 Å². The second kappa shape index (κ2) is 7.57. The van der Waals surface area contributed by atoms with E-state index in [2.05, 4.69) is 48.4 Å². The standard InChI is InChI=1S/C20H21N3OS/c1-13-8-14(2)20(15(3)9-13)25-12-19(24)23-22-11-16-4-5-17-6-7-21-18(17)10-16/h4-11,21H,12H2,1-3H3,(H,23,24)/b22-11+. The van der Waals surface area contributed by atoms with Crippen LogP contribution in [0.4, 0.5) is 0 Å². The van der Waals surface area contributed by atoms with Crippen molar-refractivity contribution >= 4 is 34.8 Å². The van der Waals surface area contributed by atoms with Crippen molar-refractivity contribution in [1.29, 1.82) is 0 Å². The summed E-state index contributed by atoms with van der Waals surface area (Å²) in [7, 11) is 0. The molecule has 3 aromatic rings. The molecule has 0 saturated carbocycles. The van der Waals surface area contributed by atoms with E-state index in [1.54, 1.807) is 18.0 Å². The Hall–Kier alpha value is -2.53. The third kappa shape index (κ3) is 4.31. The molecule has 0 aliphatic heterocycles. The molecule has 1 amide bonds. The lowest BCUT2D eigenvalue weighted by atomic mass is 10.1. The number of aryl methyl sites for hydroxylation is 3. The number of fused-ring (bicyclic) bond motifs is 1. The molecule has 0 saturated heterocycles. The second-order valence-corrected chi connectivity index (χ2v) is 7.12. The lowest BCUT2D eigenvalue weighted by Gasteiger charge is -2.10.